The van der Waals surface area contributed by atoms with Gasteiger partial charge in [0.2, 0.25) is 0 Å². The Balaban J connectivity index is 2.10. The Labute approximate surface area is 125 Å². The largest absolute Gasteiger partial charge is 0.544 e. The highest BCUT2D eigenvalue weighted by molar-refractivity contribution is 6.31. The number of benzene rings is 1. The zero-order valence-corrected chi connectivity index (χ0v) is 12.5. The first kappa shape index (κ1) is 15.3. The molecule has 110 valence electrons. The summed E-state index contributed by atoms with van der Waals surface area (Å²) in [4.78, 5) is 12.1. The second-order valence-corrected chi connectivity index (χ2v) is 6.07. The summed E-state index contributed by atoms with van der Waals surface area (Å²) in [7, 11) is 0. The molecule has 1 saturated carbocycles. The highest BCUT2D eigenvalue weighted by Crippen LogP contribution is 2.17. The molecule has 1 aliphatic carbocycles. The van der Waals surface area contributed by atoms with Gasteiger partial charge in [-0.25, -0.2) is 0 Å². The standard InChI is InChI=1S/C16H22ClNO2/c17-15-10-6-5-7-13(15)11-18(12-16(19)20)14-8-3-1-2-4-9-14/h5-7,10,14H,1-4,8-9,11-12H2,(H,19,20). The van der Waals surface area contributed by atoms with E-state index in [0.29, 0.717) is 12.6 Å². The van der Waals surface area contributed by atoms with Gasteiger partial charge in [0.25, 0.3) is 0 Å². The fourth-order valence-corrected chi connectivity index (χ4v) is 3.31. The average molecular weight is 296 g/mol. The summed E-state index contributed by atoms with van der Waals surface area (Å²) in [6, 6.07) is 8.10. The Morgan fingerprint density at radius 1 is 1.20 bits per heavy atom. The molecule has 0 radical (unpaired) electrons. The fraction of sp³-hybridized carbons (Fsp3) is 0.562. The van der Waals surface area contributed by atoms with Crippen LogP contribution >= 0.6 is 11.6 Å². The molecular weight excluding hydrogens is 274 g/mol. The van der Waals surface area contributed by atoms with E-state index < -0.39 is 5.97 Å². The highest BCUT2D eigenvalue weighted by Gasteiger charge is 2.24. The van der Waals surface area contributed by atoms with Gasteiger partial charge in [0.15, 0.2) is 0 Å². The number of nitrogens with one attached hydrogen (secondary N) is 1. The van der Waals surface area contributed by atoms with Crippen molar-refractivity contribution in [1.82, 2.24) is 0 Å². The molecule has 4 heteroatoms. The van der Waals surface area contributed by atoms with E-state index in [1.54, 1.807) is 0 Å². The molecule has 1 atom stereocenters. The molecule has 3 nitrogen and oxygen atoms in total. The van der Waals surface area contributed by atoms with E-state index in [0.717, 1.165) is 28.3 Å². The van der Waals surface area contributed by atoms with E-state index in [2.05, 4.69) is 0 Å². The number of quaternary nitrogens is 1. The predicted molar refractivity (Wildman–Crippen MR) is 77.5 cm³/mol. The van der Waals surface area contributed by atoms with Crippen molar-refractivity contribution in [3.8, 4) is 0 Å². The molecule has 1 aromatic rings. The summed E-state index contributed by atoms with van der Waals surface area (Å²) in [5.74, 6) is -0.976. The van der Waals surface area contributed by atoms with Gasteiger partial charge in [-0.15, -0.1) is 0 Å². The summed E-state index contributed by atoms with van der Waals surface area (Å²) in [5, 5.41) is 11.8. The number of rotatable bonds is 5. The van der Waals surface area contributed by atoms with Crippen LogP contribution in [0.5, 0.6) is 0 Å². The van der Waals surface area contributed by atoms with Crippen LogP contribution in [-0.4, -0.2) is 18.6 Å². The van der Waals surface area contributed by atoms with Gasteiger partial charge >= 0.3 is 0 Å². The van der Waals surface area contributed by atoms with Crippen molar-refractivity contribution in [3.63, 3.8) is 0 Å². The number of hydrogen-bond acceptors (Lipinski definition) is 2. The molecule has 0 heterocycles. The van der Waals surface area contributed by atoms with E-state index in [-0.39, 0.29) is 6.54 Å². The van der Waals surface area contributed by atoms with E-state index in [9.17, 15) is 9.90 Å². The maximum absolute atomic E-state index is 11.0. The van der Waals surface area contributed by atoms with Gasteiger partial charge in [-0.2, -0.15) is 0 Å². The molecule has 0 amide bonds. The fourth-order valence-electron chi connectivity index (χ4n) is 3.11. The third-order valence-corrected chi connectivity index (χ3v) is 4.55. The normalized spacial score (nSPS) is 18.4. The summed E-state index contributed by atoms with van der Waals surface area (Å²) in [5.41, 5.74) is 1.02. The molecule has 1 aromatic carbocycles. The lowest BCUT2D eigenvalue weighted by Crippen LogP contribution is -3.15. The minimum Gasteiger partial charge on any atom is -0.544 e. The minimum absolute atomic E-state index is 0.0654. The van der Waals surface area contributed by atoms with Crippen LogP contribution in [0.3, 0.4) is 0 Å². The Hall–Kier alpha value is -1.06. The molecule has 0 bridgehead atoms. The number of hydrogen-bond donors (Lipinski definition) is 1. The van der Waals surface area contributed by atoms with Crippen molar-refractivity contribution in [2.75, 3.05) is 6.54 Å². The maximum Gasteiger partial charge on any atom is 0.118 e. The topological polar surface area (TPSA) is 44.6 Å². The molecule has 0 aliphatic heterocycles. The van der Waals surface area contributed by atoms with Gasteiger partial charge in [-0.1, -0.05) is 42.6 Å². The van der Waals surface area contributed by atoms with Crippen molar-refractivity contribution in [2.45, 2.75) is 51.1 Å². The molecular formula is C16H22ClNO2. The van der Waals surface area contributed by atoms with Crippen molar-refractivity contribution in [2.24, 2.45) is 0 Å². The molecule has 0 aromatic heterocycles. The molecule has 1 fully saturated rings. The molecule has 0 saturated heterocycles. The average Bonchev–Trinajstić information content (AvgIpc) is 2.69. The zero-order valence-electron chi connectivity index (χ0n) is 11.7. The number of carbonyl (C=O) groups is 1. The van der Waals surface area contributed by atoms with E-state index in [1.807, 2.05) is 24.3 Å². The van der Waals surface area contributed by atoms with Crippen LogP contribution in [0.15, 0.2) is 24.3 Å². The predicted octanol–water partition coefficient (Wildman–Crippen LogP) is 1.20. The van der Waals surface area contributed by atoms with E-state index in [4.69, 9.17) is 11.6 Å². The number of carboxylic acid groups (broad SMARTS) is 1. The lowest BCUT2D eigenvalue weighted by Gasteiger charge is -2.28. The minimum atomic E-state index is -0.976. The van der Waals surface area contributed by atoms with Crippen molar-refractivity contribution in [3.05, 3.63) is 34.9 Å². The SMILES string of the molecule is O=C([O-])C[NH+](Cc1ccccc1Cl)C1CCCCCC1. The van der Waals surface area contributed by atoms with Crippen LogP contribution in [0.1, 0.15) is 44.1 Å². The summed E-state index contributed by atoms with van der Waals surface area (Å²) in [6.45, 7) is 0.730. The zero-order chi connectivity index (χ0) is 14.4. The summed E-state index contributed by atoms with van der Waals surface area (Å²) in [6.07, 6.45) is 7.13. The van der Waals surface area contributed by atoms with E-state index >= 15 is 0 Å². The van der Waals surface area contributed by atoms with Crippen LogP contribution in [0.4, 0.5) is 0 Å². The smallest absolute Gasteiger partial charge is 0.118 e. The Bertz CT molecular complexity index is 442. The number of halogens is 1. The summed E-state index contributed by atoms with van der Waals surface area (Å²) >= 11 is 6.20. The van der Waals surface area contributed by atoms with Gasteiger partial charge in [-0.05, 0) is 31.7 Å². The second-order valence-electron chi connectivity index (χ2n) is 5.66. The molecule has 20 heavy (non-hydrogen) atoms. The van der Waals surface area contributed by atoms with Crippen molar-refractivity contribution < 1.29 is 14.8 Å². The number of carbonyl (C=O) groups excluding carboxylic acids is 1. The molecule has 1 unspecified atom stereocenters. The first-order valence-electron chi connectivity index (χ1n) is 7.44. The van der Waals surface area contributed by atoms with Crippen LogP contribution < -0.4 is 10.0 Å². The molecule has 2 rings (SSSR count). The first-order chi connectivity index (χ1) is 9.66. The molecule has 1 N–H and O–H groups in total. The number of carboxylic acids is 1. The monoisotopic (exact) mass is 295 g/mol. The van der Waals surface area contributed by atoms with Crippen LogP contribution in [0.2, 0.25) is 5.02 Å². The van der Waals surface area contributed by atoms with Crippen molar-refractivity contribution >= 4 is 17.6 Å². The van der Waals surface area contributed by atoms with Gasteiger partial charge < -0.3 is 14.8 Å². The quantitative estimate of drug-likeness (QED) is 0.830. The van der Waals surface area contributed by atoms with E-state index in [1.165, 1.54) is 25.7 Å². The van der Waals surface area contributed by atoms with Crippen LogP contribution in [-0.2, 0) is 11.3 Å². The first-order valence-corrected chi connectivity index (χ1v) is 7.82. The highest BCUT2D eigenvalue weighted by atomic mass is 35.5. The van der Waals surface area contributed by atoms with Gasteiger partial charge in [0.05, 0.1) is 12.0 Å². The number of aliphatic carboxylic acids is 1. The van der Waals surface area contributed by atoms with Gasteiger partial charge in [0, 0.05) is 10.6 Å². The van der Waals surface area contributed by atoms with Crippen LogP contribution in [0.25, 0.3) is 0 Å². The second kappa shape index (κ2) is 7.65. The Morgan fingerprint density at radius 2 is 1.85 bits per heavy atom. The Morgan fingerprint density at radius 3 is 2.45 bits per heavy atom. The lowest BCUT2D eigenvalue weighted by molar-refractivity contribution is -0.934. The molecule has 0 spiro atoms. The van der Waals surface area contributed by atoms with Gasteiger partial charge in [0.1, 0.15) is 13.1 Å². The molecule has 1 aliphatic rings. The maximum atomic E-state index is 11.0. The Kier molecular flexibility index (Phi) is 5.86. The van der Waals surface area contributed by atoms with Gasteiger partial charge in [-0.3, -0.25) is 0 Å². The van der Waals surface area contributed by atoms with Crippen molar-refractivity contribution in [1.29, 1.82) is 0 Å². The third-order valence-electron chi connectivity index (χ3n) is 4.18. The third kappa shape index (κ3) is 4.50. The van der Waals surface area contributed by atoms with Crippen LogP contribution in [0, 0.1) is 0 Å². The summed E-state index contributed by atoms with van der Waals surface area (Å²) < 4.78 is 0. The lowest BCUT2D eigenvalue weighted by atomic mass is 10.1.